The smallest absolute Gasteiger partial charge is 0.305 e. The lowest BCUT2D eigenvalue weighted by molar-refractivity contribution is -0.138. The minimum absolute atomic E-state index is 0.158. The topological polar surface area (TPSA) is 75.1 Å². The summed E-state index contributed by atoms with van der Waals surface area (Å²) in [6.45, 7) is 1.90. The summed E-state index contributed by atoms with van der Waals surface area (Å²) < 4.78 is 0. The molecule has 0 aromatic carbocycles. The van der Waals surface area contributed by atoms with Crippen LogP contribution in [0.5, 0.6) is 0 Å². The monoisotopic (exact) mass is 255 g/mol. The maximum absolute atomic E-state index is 11.0. The highest BCUT2D eigenvalue weighted by Gasteiger charge is 2.35. The van der Waals surface area contributed by atoms with Gasteiger partial charge in [0.05, 0.1) is 12.0 Å². The molecule has 0 saturated heterocycles. The van der Waals surface area contributed by atoms with Crippen LogP contribution in [0.15, 0.2) is 0 Å². The summed E-state index contributed by atoms with van der Waals surface area (Å²) in [4.78, 5) is 11.0. The first-order chi connectivity index (χ1) is 8.10. The van der Waals surface area contributed by atoms with Crippen LogP contribution in [0.2, 0.25) is 0 Å². The molecule has 2 rings (SSSR count). The second-order valence-electron chi connectivity index (χ2n) is 4.66. The van der Waals surface area contributed by atoms with Crippen molar-refractivity contribution in [3.05, 3.63) is 5.01 Å². The number of aliphatic carboxylic acids is 1. The molecule has 1 aromatic heterocycles. The number of aromatic nitrogens is 2. The highest BCUT2D eigenvalue weighted by atomic mass is 32.1. The molecule has 0 atom stereocenters. The van der Waals surface area contributed by atoms with E-state index in [1.165, 1.54) is 17.8 Å². The Bertz CT molecular complexity index is 399. The van der Waals surface area contributed by atoms with Crippen molar-refractivity contribution in [3.63, 3.8) is 0 Å². The van der Waals surface area contributed by atoms with Gasteiger partial charge in [-0.2, -0.15) is 0 Å². The molecule has 1 aliphatic carbocycles. The third-order valence-electron chi connectivity index (χ3n) is 3.20. The lowest BCUT2D eigenvalue weighted by Gasteiger charge is -2.36. The van der Waals surface area contributed by atoms with Crippen molar-refractivity contribution in [2.45, 2.75) is 51.0 Å². The molecule has 1 aliphatic rings. The molecule has 1 aromatic rings. The summed E-state index contributed by atoms with van der Waals surface area (Å²) in [5, 5.41) is 22.0. The largest absolute Gasteiger partial charge is 0.481 e. The number of carboxylic acids is 1. The molecule has 2 N–H and O–H groups in total. The van der Waals surface area contributed by atoms with Gasteiger partial charge >= 0.3 is 5.97 Å². The van der Waals surface area contributed by atoms with E-state index in [4.69, 9.17) is 5.11 Å². The van der Waals surface area contributed by atoms with Gasteiger partial charge in [0, 0.05) is 0 Å². The first kappa shape index (κ1) is 12.3. The molecule has 6 heteroatoms. The van der Waals surface area contributed by atoms with Crippen molar-refractivity contribution in [1.82, 2.24) is 10.2 Å². The van der Waals surface area contributed by atoms with Gasteiger partial charge in [-0.1, -0.05) is 30.6 Å². The van der Waals surface area contributed by atoms with Gasteiger partial charge in [0.25, 0.3) is 0 Å². The van der Waals surface area contributed by atoms with Crippen LogP contribution in [0.3, 0.4) is 0 Å². The molecular weight excluding hydrogens is 238 g/mol. The zero-order valence-corrected chi connectivity index (χ0v) is 10.7. The molecule has 0 bridgehead atoms. The van der Waals surface area contributed by atoms with E-state index in [9.17, 15) is 4.79 Å². The summed E-state index contributed by atoms with van der Waals surface area (Å²) in [5.74, 6) is -0.749. The maximum Gasteiger partial charge on any atom is 0.305 e. The Morgan fingerprint density at radius 2 is 2.12 bits per heavy atom. The molecule has 0 spiro atoms. The van der Waals surface area contributed by atoms with Crippen LogP contribution < -0.4 is 5.32 Å². The Kier molecular flexibility index (Phi) is 3.61. The predicted molar refractivity (Wildman–Crippen MR) is 66.3 cm³/mol. The average molecular weight is 255 g/mol. The highest BCUT2D eigenvalue weighted by molar-refractivity contribution is 7.15. The molecule has 0 amide bonds. The van der Waals surface area contributed by atoms with E-state index in [0.29, 0.717) is 0 Å². The van der Waals surface area contributed by atoms with Gasteiger partial charge in [0.2, 0.25) is 5.13 Å². The number of anilines is 1. The van der Waals surface area contributed by atoms with Crippen LogP contribution in [0, 0.1) is 6.92 Å². The number of carbonyl (C=O) groups is 1. The second-order valence-corrected chi connectivity index (χ2v) is 5.84. The van der Waals surface area contributed by atoms with Crippen LogP contribution in [0.4, 0.5) is 5.13 Å². The van der Waals surface area contributed by atoms with Gasteiger partial charge in [-0.15, -0.1) is 10.2 Å². The number of nitrogens with zero attached hydrogens (tertiary/aromatic N) is 2. The normalized spacial score (nSPS) is 18.9. The van der Waals surface area contributed by atoms with Crippen LogP contribution in [-0.2, 0) is 4.79 Å². The minimum atomic E-state index is -0.749. The zero-order valence-electron chi connectivity index (χ0n) is 9.90. The van der Waals surface area contributed by atoms with Gasteiger partial charge in [-0.05, 0) is 19.8 Å². The fourth-order valence-electron chi connectivity index (χ4n) is 2.44. The van der Waals surface area contributed by atoms with Crippen molar-refractivity contribution >= 4 is 22.4 Å². The lowest BCUT2D eigenvalue weighted by Crippen LogP contribution is -2.42. The second kappa shape index (κ2) is 5.00. The van der Waals surface area contributed by atoms with Crippen LogP contribution >= 0.6 is 11.3 Å². The highest BCUT2D eigenvalue weighted by Crippen LogP contribution is 2.35. The van der Waals surface area contributed by atoms with Crippen molar-refractivity contribution < 1.29 is 9.90 Å². The van der Waals surface area contributed by atoms with Gasteiger partial charge in [-0.3, -0.25) is 4.79 Å². The molecule has 94 valence electrons. The van der Waals surface area contributed by atoms with Gasteiger partial charge in [0.1, 0.15) is 5.01 Å². The average Bonchev–Trinajstić information content (AvgIpc) is 2.63. The molecule has 0 radical (unpaired) electrons. The Morgan fingerprint density at radius 1 is 1.41 bits per heavy atom. The Balaban J connectivity index is 2.12. The third-order valence-corrected chi connectivity index (χ3v) is 3.95. The van der Waals surface area contributed by atoms with Crippen molar-refractivity contribution in [1.29, 1.82) is 0 Å². The molecule has 1 saturated carbocycles. The molecule has 1 heterocycles. The van der Waals surface area contributed by atoms with Crippen LogP contribution in [0.25, 0.3) is 0 Å². The van der Waals surface area contributed by atoms with Crippen molar-refractivity contribution in [2.24, 2.45) is 0 Å². The summed E-state index contributed by atoms with van der Waals surface area (Å²) >= 11 is 1.48. The summed E-state index contributed by atoms with van der Waals surface area (Å²) in [6.07, 6.45) is 5.32. The predicted octanol–water partition coefficient (Wildman–Crippen LogP) is 2.44. The number of carboxylic acid groups (broad SMARTS) is 1. The summed E-state index contributed by atoms with van der Waals surface area (Å²) in [7, 11) is 0. The molecule has 0 aliphatic heterocycles. The molecular formula is C11H17N3O2S. The molecule has 0 unspecified atom stereocenters. The Hall–Kier alpha value is -1.17. The Labute approximate surface area is 104 Å². The quantitative estimate of drug-likeness (QED) is 0.864. The number of nitrogens with one attached hydrogen (secondary N) is 1. The van der Waals surface area contributed by atoms with Crippen LogP contribution in [-0.4, -0.2) is 26.8 Å². The Morgan fingerprint density at radius 3 is 2.65 bits per heavy atom. The fraction of sp³-hybridized carbons (Fsp3) is 0.727. The fourth-order valence-corrected chi connectivity index (χ4v) is 3.15. The molecule has 17 heavy (non-hydrogen) atoms. The number of hydrogen-bond donors (Lipinski definition) is 2. The van der Waals surface area contributed by atoms with Gasteiger partial charge in [0.15, 0.2) is 0 Å². The zero-order chi connectivity index (χ0) is 12.3. The van der Waals surface area contributed by atoms with Crippen LogP contribution in [0.1, 0.15) is 43.5 Å². The van der Waals surface area contributed by atoms with E-state index < -0.39 is 5.97 Å². The van der Waals surface area contributed by atoms with E-state index in [1.807, 2.05) is 6.92 Å². The number of aryl methyl sites for hydroxylation is 1. The van der Waals surface area contributed by atoms with E-state index >= 15 is 0 Å². The number of hydrogen-bond acceptors (Lipinski definition) is 5. The maximum atomic E-state index is 11.0. The van der Waals surface area contributed by atoms with Crippen molar-refractivity contribution in [3.8, 4) is 0 Å². The van der Waals surface area contributed by atoms with E-state index in [2.05, 4.69) is 15.5 Å². The lowest BCUT2D eigenvalue weighted by atomic mass is 9.79. The minimum Gasteiger partial charge on any atom is -0.481 e. The molecule has 5 nitrogen and oxygen atoms in total. The first-order valence-corrected chi connectivity index (χ1v) is 6.71. The standard InChI is InChI=1S/C11H17N3O2S/c1-8-13-14-10(17-8)12-11(7-9(15)16)5-3-2-4-6-11/h2-7H2,1H3,(H,12,14)(H,15,16). The van der Waals surface area contributed by atoms with Gasteiger partial charge < -0.3 is 10.4 Å². The SMILES string of the molecule is Cc1nnc(NC2(CC(=O)O)CCCCC2)s1. The first-order valence-electron chi connectivity index (χ1n) is 5.90. The number of rotatable bonds is 4. The van der Waals surface area contributed by atoms with E-state index in [-0.39, 0.29) is 12.0 Å². The van der Waals surface area contributed by atoms with Gasteiger partial charge in [-0.25, -0.2) is 0 Å². The van der Waals surface area contributed by atoms with E-state index in [0.717, 1.165) is 35.8 Å². The van der Waals surface area contributed by atoms with E-state index in [1.54, 1.807) is 0 Å². The third kappa shape index (κ3) is 3.15. The van der Waals surface area contributed by atoms with Crippen molar-refractivity contribution in [2.75, 3.05) is 5.32 Å². The summed E-state index contributed by atoms with van der Waals surface area (Å²) in [5.41, 5.74) is -0.323. The molecule has 1 fully saturated rings. The summed E-state index contributed by atoms with van der Waals surface area (Å²) in [6, 6.07) is 0.